The first-order valence-electron chi connectivity index (χ1n) is 8.03. The van der Waals surface area contributed by atoms with E-state index in [4.69, 9.17) is 5.84 Å². The van der Waals surface area contributed by atoms with E-state index in [9.17, 15) is 30.3 Å². The van der Waals surface area contributed by atoms with Gasteiger partial charge in [-0.25, -0.2) is 0 Å². The van der Waals surface area contributed by atoms with E-state index in [1.807, 2.05) is 12.1 Å². The normalized spacial score (nSPS) is 9.69. The number of nitrogen functional groups attached to an aromatic ring is 1. The number of benzene rings is 3. The zero-order valence-electron chi connectivity index (χ0n) is 14.8. The number of nitro benzene ring substituents is 3. The maximum absolute atomic E-state index is 10.6. The van der Waals surface area contributed by atoms with Crippen molar-refractivity contribution < 1.29 is 14.8 Å². The number of hydrogen-bond acceptors (Lipinski definition) is 8. The summed E-state index contributed by atoms with van der Waals surface area (Å²) in [5.41, 5.74) is 1.31. The molecule has 0 atom stereocenters. The summed E-state index contributed by atoms with van der Waals surface area (Å²) in [6.07, 6.45) is 0. The topological polar surface area (TPSA) is 167 Å². The number of nitrogens with one attached hydrogen (secondary N) is 1. The van der Waals surface area contributed by atoms with E-state index in [0.717, 1.165) is 0 Å². The number of non-ortho nitro benzene ring substituents is 1. The largest absolute Gasteiger partial charge is 0.313 e. The van der Waals surface area contributed by atoms with Crippen LogP contribution in [0.2, 0.25) is 0 Å². The Morgan fingerprint density at radius 2 is 1.03 bits per heavy atom. The van der Waals surface area contributed by atoms with Crippen LogP contribution in [-0.2, 0) is 0 Å². The molecule has 0 aliphatic rings. The van der Waals surface area contributed by atoms with Crippen LogP contribution >= 0.6 is 0 Å². The van der Waals surface area contributed by atoms with Gasteiger partial charge < -0.3 is 5.43 Å². The molecule has 0 spiro atoms. The van der Waals surface area contributed by atoms with E-state index in [-0.39, 0.29) is 0 Å². The third kappa shape index (κ3) is 5.30. The van der Waals surface area contributed by atoms with Gasteiger partial charge in [-0.2, -0.15) is 0 Å². The van der Waals surface area contributed by atoms with Crippen LogP contribution in [0.15, 0.2) is 72.8 Å². The molecule has 29 heavy (non-hydrogen) atoms. The van der Waals surface area contributed by atoms with Crippen LogP contribution in [0.3, 0.4) is 0 Å². The van der Waals surface area contributed by atoms with Crippen LogP contribution in [-0.4, -0.2) is 14.8 Å². The molecule has 0 fully saturated rings. The second-order valence-corrected chi connectivity index (χ2v) is 5.51. The van der Waals surface area contributed by atoms with E-state index in [1.165, 1.54) is 11.1 Å². The van der Waals surface area contributed by atoms with Gasteiger partial charge in [0.2, 0.25) is 5.69 Å². The maximum atomic E-state index is 10.6. The van der Waals surface area contributed by atoms with Gasteiger partial charge in [0, 0.05) is 0 Å². The minimum atomic E-state index is -1.00. The first kappa shape index (κ1) is 20.9. The standard InChI is InChI=1S/C12H10.C6H5N5O6/c1-3-7-11(8-4-1)12-9-5-2-6-10-12;7-8-6-4(10(14)15)1-3(9(12)13)2-5(6)11(16)17/h1-10H;1-2,8H,7H2. The van der Waals surface area contributed by atoms with Crippen LogP contribution in [0, 0.1) is 30.3 Å². The molecule has 0 aromatic heterocycles. The van der Waals surface area contributed by atoms with Gasteiger partial charge >= 0.3 is 11.4 Å². The molecule has 3 rings (SSSR count). The zero-order chi connectivity index (χ0) is 21.4. The molecule has 0 heterocycles. The van der Waals surface area contributed by atoms with Crippen molar-refractivity contribution in [2.24, 2.45) is 5.84 Å². The zero-order valence-corrected chi connectivity index (χ0v) is 14.8. The van der Waals surface area contributed by atoms with E-state index >= 15 is 0 Å². The molecule has 3 N–H and O–H groups in total. The summed E-state index contributed by atoms with van der Waals surface area (Å²) >= 11 is 0. The van der Waals surface area contributed by atoms with Gasteiger partial charge in [-0.15, -0.1) is 0 Å². The smallest absolute Gasteiger partial charge is 0.307 e. The summed E-state index contributed by atoms with van der Waals surface area (Å²) in [4.78, 5) is 28.7. The van der Waals surface area contributed by atoms with Crippen LogP contribution in [0.25, 0.3) is 11.1 Å². The Morgan fingerprint density at radius 3 is 1.31 bits per heavy atom. The third-order valence-corrected chi connectivity index (χ3v) is 3.71. The predicted octanol–water partition coefficient (Wildman–Crippen LogP) is 4.05. The summed E-state index contributed by atoms with van der Waals surface area (Å²) in [6, 6.07) is 22.0. The molecule has 0 unspecified atom stereocenters. The molecule has 11 nitrogen and oxygen atoms in total. The molecule has 0 aliphatic heterocycles. The van der Waals surface area contributed by atoms with E-state index in [2.05, 4.69) is 48.5 Å². The van der Waals surface area contributed by atoms with Gasteiger partial charge in [-0.05, 0) is 11.1 Å². The molecule has 11 heteroatoms. The molecule has 0 amide bonds. The van der Waals surface area contributed by atoms with Crippen molar-refractivity contribution in [3.63, 3.8) is 0 Å². The molecule has 0 aliphatic carbocycles. The quantitative estimate of drug-likeness (QED) is 0.369. The van der Waals surface area contributed by atoms with E-state index in [0.29, 0.717) is 12.1 Å². The maximum Gasteiger partial charge on any atom is 0.307 e. The Balaban J connectivity index is 0.000000218. The Kier molecular flexibility index (Phi) is 6.87. The first-order chi connectivity index (χ1) is 13.8. The van der Waals surface area contributed by atoms with Gasteiger partial charge in [0.25, 0.3) is 5.69 Å². The van der Waals surface area contributed by atoms with Crippen molar-refractivity contribution in [1.29, 1.82) is 0 Å². The molecule has 0 radical (unpaired) electrons. The van der Waals surface area contributed by atoms with E-state index in [1.54, 1.807) is 5.43 Å². The fourth-order valence-corrected chi connectivity index (χ4v) is 2.40. The highest BCUT2D eigenvalue weighted by Gasteiger charge is 2.29. The molecular formula is C18H15N5O6. The van der Waals surface area contributed by atoms with Crippen LogP contribution in [0.5, 0.6) is 0 Å². The van der Waals surface area contributed by atoms with E-state index < -0.39 is 37.5 Å². The highest BCUT2D eigenvalue weighted by molar-refractivity contribution is 5.76. The minimum absolute atomic E-state index is 0.586. The molecular weight excluding hydrogens is 382 g/mol. The van der Waals surface area contributed by atoms with Gasteiger partial charge in [0.05, 0.1) is 26.9 Å². The third-order valence-electron chi connectivity index (χ3n) is 3.71. The van der Waals surface area contributed by atoms with Crippen molar-refractivity contribution in [3.05, 3.63) is 103 Å². The minimum Gasteiger partial charge on any atom is -0.313 e. The second-order valence-electron chi connectivity index (χ2n) is 5.51. The second kappa shape index (κ2) is 9.53. The van der Waals surface area contributed by atoms with Crippen molar-refractivity contribution in [2.45, 2.75) is 0 Å². The van der Waals surface area contributed by atoms with Crippen molar-refractivity contribution in [3.8, 4) is 11.1 Å². The fourth-order valence-electron chi connectivity index (χ4n) is 2.40. The lowest BCUT2D eigenvalue weighted by molar-refractivity contribution is -0.401. The number of nitrogens with zero attached hydrogens (tertiary/aromatic N) is 3. The predicted molar refractivity (Wildman–Crippen MR) is 106 cm³/mol. The van der Waals surface area contributed by atoms with Gasteiger partial charge in [-0.3, -0.25) is 36.2 Å². The number of rotatable bonds is 5. The lowest BCUT2D eigenvalue weighted by Crippen LogP contribution is -2.11. The summed E-state index contributed by atoms with van der Waals surface area (Å²) in [5, 5.41) is 31.6. The highest BCUT2D eigenvalue weighted by atomic mass is 16.6. The number of nitrogens with two attached hydrogens (primary N) is 1. The van der Waals surface area contributed by atoms with Crippen LogP contribution < -0.4 is 11.3 Å². The molecule has 0 saturated carbocycles. The van der Waals surface area contributed by atoms with Crippen molar-refractivity contribution >= 4 is 22.7 Å². The molecule has 0 saturated heterocycles. The number of anilines is 1. The van der Waals surface area contributed by atoms with Gasteiger partial charge in [-0.1, -0.05) is 60.7 Å². The molecule has 3 aromatic carbocycles. The van der Waals surface area contributed by atoms with Crippen molar-refractivity contribution in [2.75, 3.05) is 5.43 Å². The van der Waals surface area contributed by atoms with Gasteiger partial charge in [0.15, 0.2) is 0 Å². The highest BCUT2D eigenvalue weighted by Crippen LogP contribution is 2.37. The Hall–Kier alpha value is -4.38. The average Bonchev–Trinajstić information content (AvgIpc) is 2.74. The SMILES string of the molecule is NNc1c([N+](=O)[O-])cc([N+](=O)[O-])cc1[N+](=O)[O-].c1ccc(-c2ccccc2)cc1. The first-order valence-corrected chi connectivity index (χ1v) is 8.03. The Labute approximate surface area is 163 Å². The van der Waals surface area contributed by atoms with Crippen LogP contribution in [0.1, 0.15) is 0 Å². The number of hydrogen-bond donors (Lipinski definition) is 2. The summed E-state index contributed by atoms with van der Waals surface area (Å²) < 4.78 is 0. The lowest BCUT2D eigenvalue weighted by Gasteiger charge is -2.02. The van der Waals surface area contributed by atoms with Crippen molar-refractivity contribution in [1.82, 2.24) is 0 Å². The van der Waals surface area contributed by atoms with Crippen LogP contribution in [0.4, 0.5) is 22.7 Å². The Bertz CT molecular complexity index is 955. The summed E-state index contributed by atoms with van der Waals surface area (Å²) in [6.45, 7) is 0. The Morgan fingerprint density at radius 1 is 0.655 bits per heavy atom. The average molecular weight is 397 g/mol. The monoisotopic (exact) mass is 397 g/mol. The number of nitro groups is 3. The number of hydrazine groups is 1. The molecule has 0 bridgehead atoms. The molecule has 148 valence electrons. The fraction of sp³-hybridized carbons (Fsp3) is 0. The summed E-state index contributed by atoms with van der Waals surface area (Å²) in [5.74, 6) is 4.92. The van der Waals surface area contributed by atoms with Gasteiger partial charge in [0.1, 0.15) is 0 Å². The summed E-state index contributed by atoms with van der Waals surface area (Å²) in [7, 11) is 0. The molecule has 3 aromatic rings. The lowest BCUT2D eigenvalue weighted by atomic mass is 10.1.